The molecule has 0 saturated heterocycles. The molecule has 0 aromatic rings. The Morgan fingerprint density at radius 3 is 2.25 bits per heavy atom. The number of ether oxygens (including phenoxy) is 2. The Hall–Kier alpha value is -1.40. The molecule has 0 rings (SSSR count). The fraction of sp³-hybridized carbons (Fsp3) is 0.500. The van der Waals surface area contributed by atoms with Gasteiger partial charge in [0.2, 0.25) is 0 Å². The smallest absolute Gasteiger partial charge is 0.333 e. The van der Waals surface area contributed by atoms with Crippen LogP contribution in [0.4, 0.5) is 0 Å². The van der Waals surface area contributed by atoms with Gasteiger partial charge in [-0.1, -0.05) is 20.1 Å². The van der Waals surface area contributed by atoms with Crippen LogP contribution in [0.15, 0.2) is 24.8 Å². The molecule has 0 aromatic heterocycles. The lowest BCUT2D eigenvalue weighted by molar-refractivity contribution is -0.146. The average molecular weight is 299 g/mol. The molecule has 6 heteroatoms. The predicted molar refractivity (Wildman–Crippen MR) is 79.4 cm³/mol. The van der Waals surface area contributed by atoms with Gasteiger partial charge in [0.05, 0.1) is 0 Å². The van der Waals surface area contributed by atoms with E-state index < -0.39 is 26.4 Å². The van der Waals surface area contributed by atoms with Crippen molar-refractivity contribution in [3.05, 3.63) is 31.7 Å². The van der Waals surface area contributed by atoms with Crippen molar-refractivity contribution in [1.29, 1.82) is 0 Å². The van der Waals surface area contributed by atoms with E-state index in [2.05, 4.69) is 20.1 Å². The van der Waals surface area contributed by atoms with Crippen LogP contribution in [-0.4, -0.2) is 39.6 Å². The van der Waals surface area contributed by atoms with Gasteiger partial charge in [-0.25, -0.2) is 9.59 Å². The van der Waals surface area contributed by atoms with Gasteiger partial charge >= 0.3 is 11.9 Å². The van der Waals surface area contributed by atoms with Crippen molar-refractivity contribution in [3.8, 4) is 0 Å². The molecule has 5 nitrogen and oxygen atoms in total. The lowest BCUT2D eigenvalue weighted by atomic mass is 10.3. The minimum atomic E-state index is -1.96. The predicted octanol–water partition coefficient (Wildman–Crippen LogP) is 2.26. The summed E-state index contributed by atoms with van der Waals surface area (Å²) in [6.07, 6.45) is 0.562. The molecule has 0 aliphatic rings. The molecule has 0 aromatic carbocycles. The van der Waals surface area contributed by atoms with Crippen LogP contribution in [0.2, 0.25) is 19.1 Å². The van der Waals surface area contributed by atoms with Crippen molar-refractivity contribution in [1.82, 2.24) is 0 Å². The van der Waals surface area contributed by atoms with Crippen LogP contribution < -0.4 is 0 Å². The van der Waals surface area contributed by atoms with Crippen molar-refractivity contribution in [3.63, 3.8) is 0 Å². The molecule has 1 unspecified atom stereocenters. The van der Waals surface area contributed by atoms with Crippen LogP contribution in [0.3, 0.4) is 0 Å². The zero-order valence-electron chi connectivity index (χ0n) is 12.4. The maximum absolute atomic E-state index is 11.4. The van der Waals surface area contributed by atoms with Crippen molar-refractivity contribution in [2.75, 3.05) is 13.2 Å². The molecule has 0 aliphatic heterocycles. The Morgan fingerprint density at radius 2 is 1.80 bits per heavy atom. The Balaban J connectivity index is 4.53. The fourth-order valence-electron chi connectivity index (χ4n) is 1.15. The summed E-state index contributed by atoms with van der Waals surface area (Å²) < 4.78 is 15.9. The van der Waals surface area contributed by atoms with Gasteiger partial charge in [0.25, 0.3) is 0 Å². The largest absolute Gasteiger partial charge is 0.460 e. The minimum absolute atomic E-state index is 0.00472. The van der Waals surface area contributed by atoms with Crippen molar-refractivity contribution in [2.24, 2.45) is 0 Å². The lowest BCUT2D eigenvalue weighted by Crippen LogP contribution is -2.40. The summed E-state index contributed by atoms with van der Waals surface area (Å²) in [5, 5.41) is 0. The van der Waals surface area contributed by atoms with E-state index in [0.29, 0.717) is 11.6 Å². The number of hydrogen-bond donors (Lipinski definition) is 0. The number of esters is 2. The summed E-state index contributed by atoms with van der Waals surface area (Å²) in [7, 11) is -1.96. The molecule has 0 amide bonds. The van der Waals surface area contributed by atoms with Crippen molar-refractivity contribution >= 4 is 20.3 Å². The Kier molecular flexibility index (Phi) is 8.09. The van der Waals surface area contributed by atoms with Crippen molar-refractivity contribution < 1.29 is 23.5 Å². The van der Waals surface area contributed by atoms with Gasteiger partial charge < -0.3 is 13.9 Å². The summed E-state index contributed by atoms with van der Waals surface area (Å²) in [6.45, 7) is 16.2. The van der Waals surface area contributed by atoms with Gasteiger partial charge in [-0.15, -0.1) is 0 Å². The van der Waals surface area contributed by atoms with Gasteiger partial charge in [0.1, 0.15) is 19.3 Å². The highest BCUT2D eigenvalue weighted by Crippen LogP contribution is 2.14. The molecule has 0 heterocycles. The van der Waals surface area contributed by atoms with E-state index in [4.69, 9.17) is 13.9 Å². The summed E-state index contributed by atoms with van der Waals surface area (Å²) in [5.74, 6) is -1.04. The first kappa shape index (κ1) is 18.6. The SMILES string of the molecule is [CH2]C[Si](C)(C)OC(COC(=O)C=C)COC(=O)C(=C)C. The second kappa shape index (κ2) is 8.71. The van der Waals surface area contributed by atoms with Crippen molar-refractivity contribution in [2.45, 2.75) is 32.2 Å². The number of hydrogen-bond acceptors (Lipinski definition) is 5. The van der Waals surface area contributed by atoms with E-state index in [1.807, 2.05) is 13.1 Å². The second-order valence-corrected chi connectivity index (χ2v) is 9.22. The second-order valence-electron chi connectivity index (χ2n) is 4.96. The molecular weight excluding hydrogens is 276 g/mol. The van der Waals surface area contributed by atoms with Crippen LogP contribution in [0.1, 0.15) is 6.92 Å². The summed E-state index contributed by atoms with van der Waals surface area (Å²) in [5.41, 5.74) is 0.306. The van der Waals surface area contributed by atoms with Crippen LogP contribution in [0, 0.1) is 6.92 Å². The topological polar surface area (TPSA) is 61.8 Å². The highest BCUT2D eigenvalue weighted by molar-refractivity contribution is 6.71. The van der Waals surface area contributed by atoms with E-state index >= 15 is 0 Å². The van der Waals surface area contributed by atoms with E-state index in [1.165, 1.54) is 0 Å². The monoisotopic (exact) mass is 299 g/mol. The molecule has 0 fully saturated rings. The van der Waals surface area contributed by atoms with Crippen LogP contribution in [0.25, 0.3) is 0 Å². The third-order valence-electron chi connectivity index (χ3n) is 2.41. The zero-order chi connectivity index (χ0) is 15.8. The first-order valence-corrected chi connectivity index (χ1v) is 9.42. The summed E-state index contributed by atoms with van der Waals surface area (Å²) >= 11 is 0. The molecule has 113 valence electrons. The number of carbonyl (C=O) groups is 2. The van der Waals surface area contributed by atoms with E-state index in [1.54, 1.807) is 6.92 Å². The van der Waals surface area contributed by atoms with E-state index in [9.17, 15) is 9.59 Å². The molecule has 0 N–H and O–H groups in total. The zero-order valence-corrected chi connectivity index (χ0v) is 13.4. The number of rotatable bonds is 9. The molecule has 1 radical (unpaired) electrons. The Labute approximate surface area is 121 Å². The van der Waals surface area contributed by atoms with Crippen LogP contribution >= 0.6 is 0 Å². The Morgan fingerprint density at radius 1 is 1.25 bits per heavy atom. The lowest BCUT2D eigenvalue weighted by Gasteiger charge is -2.27. The fourth-order valence-corrected chi connectivity index (χ4v) is 2.31. The molecule has 0 bridgehead atoms. The first-order valence-electron chi connectivity index (χ1n) is 6.30. The normalized spacial score (nSPS) is 12.4. The van der Waals surface area contributed by atoms with E-state index in [-0.39, 0.29) is 13.2 Å². The summed E-state index contributed by atoms with van der Waals surface area (Å²) in [6, 6.07) is 0.660. The molecule has 0 spiro atoms. The molecule has 20 heavy (non-hydrogen) atoms. The standard InChI is InChI=1S/C14H23O5Si/c1-7-13(15)17-9-12(19-20(5,6)8-2)10-18-14(16)11(3)4/h7,12H,1-3,8-10H2,4-6H3. The maximum Gasteiger partial charge on any atom is 0.333 e. The van der Waals surface area contributed by atoms with Gasteiger partial charge in [-0.3, -0.25) is 0 Å². The van der Waals surface area contributed by atoms with E-state index in [0.717, 1.165) is 6.08 Å². The first-order chi connectivity index (χ1) is 9.21. The minimum Gasteiger partial charge on any atom is -0.460 e. The molecule has 1 atom stereocenters. The molecular formula is C14H23O5Si. The molecule has 0 aliphatic carbocycles. The van der Waals surface area contributed by atoms with Crippen LogP contribution in [0.5, 0.6) is 0 Å². The summed E-state index contributed by atoms with van der Waals surface area (Å²) in [4.78, 5) is 22.5. The third-order valence-corrected chi connectivity index (χ3v) is 4.59. The highest BCUT2D eigenvalue weighted by Gasteiger charge is 2.26. The van der Waals surface area contributed by atoms with Crippen LogP contribution in [-0.2, 0) is 23.5 Å². The quantitative estimate of drug-likeness (QED) is 0.371. The average Bonchev–Trinajstić information content (AvgIpc) is 2.40. The molecule has 0 saturated carbocycles. The Bertz CT molecular complexity index is 376. The number of carbonyl (C=O) groups excluding carboxylic acids is 2. The van der Waals surface area contributed by atoms with Gasteiger partial charge in [0, 0.05) is 11.6 Å². The third kappa shape index (κ3) is 7.91. The van der Waals surface area contributed by atoms with Gasteiger partial charge in [0.15, 0.2) is 8.32 Å². The highest BCUT2D eigenvalue weighted by atomic mass is 28.4. The van der Waals surface area contributed by atoms with Gasteiger partial charge in [-0.2, -0.15) is 0 Å². The maximum atomic E-state index is 11.4. The van der Waals surface area contributed by atoms with Gasteiger partial charge in [-0.05, 0) is 26.1 Å².